The molecular formula is C13H24N2O5S. The Labute approximate surface area is 125 Å². The fourth-order valence-corrected chi connectivity index (χ4v) is 3.28. The van der Waals surface area contributed by atoms with Crippen molar-refractivity contribution in [3.8, 4) is 0 Å². The van der Waals surface area contributed by atoms with Crippen LogP contribution in [0.2, 0.25) is 0 Å². The number of hydrogen-bond acceptors (Lipinski definition) is 4. The number of carbonyl (C=O) groups excluding carboxylic acids is 1. The first-order valence-corrected chi connectivity index (χ1v) is 8.76. The molecule has 1 rings (SSSR count). The number of carbonyl (C=O) groups is 2. The molecule has 1 heterocycles. The van der Waals surface area contributed by atoms with Gasteiger partial charge in [-0.25, -0.2) is 17.5 Å². The van der Waals surface area contributed by atoms with E-state index in [4.69, 9.17) is 0 Å². The van der Waals surface area contributed by atoms with Crippen molar-refractivity contribution >= 4 is 21.9 Å². The molecule has 1 saturated heterocycles. The Morgan fingerprint density at radius 3 is 2.33 bits per heavy atom. The van der Waals surface area contributed by atoms with E-state index in [0.29, 0.717) is 19.4 Å². The van der Waals surface area contributed by atoms with Gasteiger partial charge in [0.25, 0.3) is 0 Å². The summed E-state index contributed by atoms with van der Waals surface area (Å²) in [5.74, 6) is -1.99. The molecule has 2 N–H and O–H groups in total. The van der Waals surface area contributed by atoms with Gasteiger partial charge in [-0.15, -0.1) is 0 Å². The molecule has 0 bridgehead atoms. The third-order valence-electron chi connectivity index (χ3n) is 3.62. The zero-order valence-corrected chi connectivity index (χ0v) is 13.7. The van der Waals surface area contributed by atoms with Crippen LogP contribution in [0.5, 0.6) is 0 Å². The van der Waals surface area contributed by atoms with E-state index in [-0.39, 0.29) is 6.54 Å². The van der Waals surface area contributed by atoms with Gasteiger partial charge in [0.05, 0.1) is 12.2 Å². The van der Waals surface area contributed by atoms with Crippen LogP contribution in [0.15, 0.2) is 0 Å². The molecule has 0 aromatic heterocycles. The van der Waals surface area contributed by atoms with Crippen LogP contribution in [0.3, 0.4) is 0 Å². The van der Waals surface area contributed by atoms with Gasteiger partial charge in [0, 0.05) is 13.1 Å². The van der Waals surface area contributed by atoms with Gasteiger partial charge in [0.2, 0.25) is 15.9 Å². The predicted molar refractivity (Wildman–Crippen MR) is 78.2 cm³/mol. The average Bonchev–Trinajstić information content (AvgIpc) is 2.33. The van der Waals surface area contributed by atoms with Gasteiger partial charge in [-0.05, 0) is 18.3 Å². The van der Waals surface area contributed by atoms with Gasteiger partial charge < -0.3 is 10.4 Å². The molecule has 0 aromatic carbocycles. The van der Waals surface area contributed by atoms with Crippen molar-refractivity contribution in [2.45, 2.75) is 39.7 Å². The highest BCUT2D eigenvalue weighted by Gasteiger charge is 2.36. The molecule has 1 amide bonds. The lowest BCUT2D eigenvalue weighted by Crippen LogP contribution is -2.53. The molecule has 0 aliphatic carbocycles. The summed E-state index contributed by atoms with van der Waals surface area (Å²) in [6, 6.07) is -1.00. The highest BCUT2D eigenvalue weighted by molar-refractivity contribution is 7.88. The summed E-state index contributed by atoms with van der Waals surface area (Å²) in [5, 5.41) is 11.8. The molecule has 0 spiro atoms. The molecule has 1 aliphatic rings. The van der Waals surface area contributed by atoms with Crippen LogP contribution in [-0.4, -0.2) is 55.1 Å². The van der Waals surface area contributed by atoms with Crippen molar-refractivity contribution in [1.29, 1.82) is 0 Å². The molecule has 0 radical (unpaired) electrons. The molecule has 1 fully saturated rings. The van der Waals surface area contributed by atoms with E-state index in [1.54, 1.807) is 20.8 Å². The summed E-state index contributed by atoms with van der Waals surface area (Å²) in [7, 11) is -3.33. The van der Waals surface area contributed by atoms with Crippen LogP contribution in [0.4, 0.5) is 0 Å². The lowest BCUT2D eigenvalue weighted by atomic mass is 9.86. The van der Waals surface area contributed by atoms with E-state index in [1.165, 1.54) is 4.31 Å². The van der Waals surface area contributed by atoms with Crippen molar-refractivity contribution < 1.29 is 23.1 Å². The Hall–Kier alpha value is -1.15. The number of rotatable bonds is 4. The van der Waals surface area contributed by atoms with Crippen molar-refractivity contribution in [3.63, 3.8) is 0 Å². The molecular weight excluding hydrogens is 296 g/mol. The molecule has 8 heteroatoms. The summed E-state index contributed by atoms with van der Waals surface area (Å²) in [4.78, 5) is 23.5. The Bertz CT molecular complexity index is 509. The van der Waals surface area contributed by atoms with E-state index in [2.05, 4.69) is 5.32 Å². The Kier molecular flexibility index (Phi) is 5.38. The quantitative estimate of drug-likeness (QED) is 0.774. The monoisotopic (exact) mass is 320 g/mol. The zero-order valence-electron chi connectivity index (χ0n) is 12.9. The number of nitrogens with zero attached hydrogens (tertiary/aromatic N) is 1. The van der Waals surface area contributed by atoms with E-state index in [1.807, 2.05) is 0 Å². The number of aliphatic carboxylic acids is 1. The molecule has 122 valence electrons. The average molecular weight is 320 g/mol. The van der Waals surface area contributed by atoms with Crippen LogP contribution in [0.25, 0.3) is 0 Å². The van der Waals surface area contributed by atoms with Crippen molar-refractivity contribution in [2.75, 3.05) is 19.3 Å². The van der Waals surface area contributed by atoms with Crippen LogP contribution in [0.1, 0.15) is 33.6 Å². The first kappa shape index (κ1) is 17.9. The number of carboxylic acid groups (broad SMARTS) is 1. The molecule has 1 unspecified atom stereocenters. The van der Waals surface area contributed by atoms with Crippen molar-refractivity contribution in [2.24, 2.45) is 11.3 Å². The second-order valence-electron chi connectivity index (χ2n) is 6.61. The normalized spacial score (nSPS) is 22.6. The molecule has 7 nitrogen and oxygen atoms in total. The Morgan fingerprint density at radius 2 is 1.90 bits per heavy atom. The Morgan fingerprint density at radius 1 is 1.33 bits per heavy atom. The highest BCUT2D eigenvalue weighted by atomic mass is 32.2. The number of amides is 1. The Balaban J connectivity index is 2.77. The van der Waals surface area contributed by atoms with Crippen molar-refractivity contribution in [1.82, 2.24) is 9.62 Å². The van der Waals surface area contributed by atoms with Crippen LogP contribution >= 0.6 is 0 Å². The van der Waals surface area contributed by atoms with E-state index in [9.17, 15) is 23.1 Å². The zero-order chi connectivity index (χ0) is 16.4. The second kappa shape index (κ2) is 6.31. The predicted octanol–water partition coefficient (Wildman–Crippen LogP) is 0.274. The van der Waals surface area contributed by atoms with E-state index < -0.39 is 39.3 Å². The minimum absolute atomic E-state index is 0.112. The minimum Gasteiger partial charge on any atom is -0.480 e. The summed E-state index contributed by atoms with van der Waals surface area (Å²) in [5.41, 5.74) is -0.618. The van der Waals surface area contributed by atoms with Gasteiger partial charge in [-0.2, -0.15) is 0 Å². The molecule has 0 saturated carbocycles. The number of sulfonamides is 1. The SMILES string of the molecule is CC(C)(C)[C@@H](NC(=O)C1CCCN(S(C)(=O)=O)C1)C(=O)O. The molecule has 2 atom stereocenters. The van der Waals surface area contributed by atoms with E-state index in [0.717, 1.165) is 6.26 Å². The topological polar surface area (TPSA) is 104 Å². The fraction of sp³-hybridized carbons (Fsp3) is 0.846. The highest BCUT2D eigenvalue weighted by Crippen LogP contribution is 2.22. The van der Waals surface area contributed by atoms with Gasteiger partial charge in [-0.1, -0.05) is 20.8 Å². The molecule has 1 aliphatic heterocycles. The van der Waals surface area contributed by atoms with Crippen molar-refractivity contribution in [3.05, 3.63) is 0 Å². The van der Waals surface area contributed by atoms with Crippen LogP contribution < -0.4 is 5.32 Å². The third-order valence-corrected chi connectivity index (χ3v) is 4.89. The first-order valence-electron chi connectivity index (χ1n) is 6.91. The number of nitrogens with one attached hydrogen (secondary N) is 1. The maximum atomic E-state index is 12.2. The second-order valence-corrected chi connectivity index (χ2v) is 8.59. The summed E-state index contributed by atoms with van der Waals surface area (Å²) >= 11 is 0. The molecule has 0 aromatic rings. The standard InChI is InChI=1S/C13H24N2O5S/c1-13(2,3)10(12(17)18)14-11(16)9-6-5-7-15(8-9)21(4,19)20/h9-10H,5-8H2,1-4H3,(H,14,16)(H,17,18)/t9?,10-/m0/s1. The van der Waals surface area contributed by atoms with Gasteiger partial charge in [0.15, 0.2) is 0 Å². The lowest BCUT2D eigenvalue weighted by Gasteiger charge is -2.33. The maximum Gasteiger partial charge on any atom is 0.326 e. The number of hydrogen-bond donors (Lipinski definition) is 2. The van der Waals surface area contributed by atoms with Crippen LogP contribution in [0, 0.1) is 11.3 Å². The van der Waals surface area contributed by atoms with Gasteiger partial charge in [-0.3, -0.25) is 4.79 Å². The van der Waals surface area contributed by atoms with E-state index >= 15 is 0 Å². The number of piperidine rings is 1. The summed E-state index contributed by atoms with van der Waals surface area (Å²) in [6.45, 7) is 5.71. The maximum absolute atomic E-state index is 12.2. The lowest BCUT2D eigenvalue weighted by molar-refractivity contribution is -0.145. The van der Waals surface area contributed by atoms with Gasteiger partial charge >= 0.3 is 5.97 Å². The fourth-order valence-electron chi connectivity index (χ4n) is 2.37. The summed E-state index contributed by atoms with van der Waals surface area (Å²) in [6.07, 6.45) is 2.27. The van der Waals surface area contributed by atoms with Crippen LogP contribution in [-0.2, 0) is 19.6 Å². The third kappa shape index (κ3) is 4.96. The summed E-state index contributed by atoms with van der Waals surface area (Å²) < 4.78 is 24.4. The first-order chi connectivity index (χ1) is 9.43. The largest absolute Gasteiger partial charge is 0.480 e. The minimum atomic E-state index is -3.33. The smallest absolute Gasteiger partial charge is 0.326 e. The van der Waals surface area contributed by atoms with Gasteiger partial charge in [0.1, 0.15) is 6.04 Å². The molecule has 21 heavy (non-hydrogen) atoms. The number of carboxylic acids is 1.